The summed E-state index contributed by atoms with van der Waals surface area (Å²) in [4.78, 5) is 12.6. The van der Waals surface area contributed by atoms with Gasteiger partial charge in [0.1, 0.15) is 0 Å². The van der Waals surface area contributed by atoms with Crippen molar-refractivity contribution in [3.63, 3.8) is 0 Å². The average molecular weight is 455 g/mol. The molecular weight excluding hydrogens is 424 g/mol. The summed E-state index contributed by atoms with van der Waals surface area (Å²) in [5, 5.41) is 10.2. The van der Waals surface area contributed by atoms with Crippen molar-refractivity contribution >= 4 is 18.1 Å². The van der Waals surface area contributed by atoms with Crippen molar-refractivity contribution in [2.75, 3.05) is 7.11 Å². The van der Waals surface area contributed by atoms with E-state index in [1.807, 2.05) is 74.7 Å². The Labute approximate surface area is 193 Å². The topological polar surface area (TPSA) is 81.2 Å². The van der Waals surface area contributed by atoms with E-state index in [0.717, 1.165) is 17.0 Å². The van der Waals surface area contributed by atoms with Crippen LogP contribution < -0.4 is 14.8 Å². The molecule has 0 aliphatic rings. The van der Waals surface area contributed by atoms with Crippen LogP contribution in [0.15, 0.2) is 42.5 Å². The normalized spacial score (nSPS) is 11.9. The van der Waals surface area contributed by atoms with Crippen molar-refractivity contribution in [2.24, 2.45) is 0 Å². The molecule has 170 valence electrons. The summed E-state index contributed by atoms with van der Waals surface area (Å²) in [5.41, 5.74) is 3.06. The summed E-state index contributed by atoms with van der Waals surface area (Å²) in [6.07, 6.45) is 0.328. The van der Waals surface area contributed by atoms with E-state index in [9.17, 15) is 4.79 Å². The molecule has 2 N–H and O–H groups in total. The number of nitrogens with one attached hydrogen (secondary N) is 2. The molecular formula is C24H30N4O3S. The van der Waals surface area contributed by atoms with Crippen LogP contribution in [0.5, 0.6) is 11.5 Å². The summed E-state index contributed by atoms with van der Waals surface area (Å²) in [6, 6.07) is 13.6. The molecule has 1 unspecified atom stereocenters. The van der Waals surface area contributed by atoms with Crippen LogP contribution in [0.25, 0.3) is 11.4 Å². The highest BCUT2D eigenvalue weighted by Crippen LogP contribution is 2.31. The van der Waals surface area contributed by atoms with Gasteiger partial charge in [-0.15, -0.1) is 0 Å². The molecule has 0 aliphatic heterocycles. The lowest BCUT2D eigenvalue weighted by Gasteiger charge is -2.18. The minimum Gasteiger partial charge on any atom is -0.493 e. The predicted octanol–water partition coefficient (Wildman–Crippen LogP) is 4.98. The van der Waals surface area contributed by atoms with E-state index in [4.69, 9.17) is 21.7 Å². The van der Waals surface area contributed by atoms with E-state index in [-0.39, 0.29) is 24.5 Å². The molecule has 1 aromatic heterocycles. The number of ether oxygens (including phenoxy) is 2. The van der Waals surface area contributed by atoms with Crippen LogP contribution in [0.1, 0.15) is 44.4 Å². The summed E-state index contributed by atoms with van der Waals surface area (Å²) in [5.74, 6) is 1.98. The van der Waals surface area contributed by atoms with Gasteiger partial charge in [0.15, 0.2) is 22.1 Å². The number of H-pyrrole nitrogens is 1. The second kappa shape index (κ2) is 10.5. The van der Waals surface area contributed by atoms with Gasteiger partial charge in [-0.1, -0.05) is 35.9 Å². The number of benzene rings is 2. The maximum atomic E-state index is 12.6. The minimum atomic E-state index is -0.182. The molecule has 0 saturated heterocycles. The molecule has 0 saturated carbocycles. The van der Waals surface area contributed by atoms with Gasteiger partial charge < -0.3 is 14.8 Å². The fourth-order valence-electron chi connectivity index (χ4n) is 3.36. The zero-order valence-electron chi connectivity index (χ0n) is 19.1. The Morgan fingerprint density at radius 3 is 2.53 bits per heavy atom. The van der Waals surface area contributed by atoms with Gasteiger partial charge in [0.2, 0.25) is 5.91 Å². The second-order valence-electron chi connectivity index (χ2n) is 7.99. The number of rotatable bonds is 9. The molecule has 0 bridgehead atoms. The van der Waals surface area contributed by atoms with Crippen molar-refractivity contribution < 1.29 is 14.3 Å². The first-order valence-electron chi connectivity index (χ1n) is 10.6. The first kappa shape index (κ1) is 23.5. The number of aryl methyl sites for hydroxylation is 1. The van der Waals surface area contributed by atoms with Gasteiger partial charge in [-0.2, -0.15) is 5.10 Å². The summed E-state index contributed by atoms with van der Waals surface area (Å²) >= 11 is 5.37. The monoisotopic (exact) mass is 454 g/mol. The molecule has 8 heteroatoms. The highest BCUT2D eigenvalue weighted by Gasteiger charge is 2.15. The SMILES string of the molecule is COc1cc(C(C)NC(=O)CCn2c(-c3ccc(C)cc3)n[nH]c2=S)ccc1OC(C)C. The maximum Gasteiger partial charge on any atom is 0.222 e. The third-order valence-corrected chi connectivity index (χ3v) is 5.37. The number of carbonyl (C=O) groups is 1. The lowest BCUT2D eigenvalue weighted by atomic mass is 10.1. The molecule has 7 nitrogen and oxygen atoms in total. The van der Waals surface area contributed by atoms with Gasteiger partial charge in [0.05, 0.1) is 19.3 Å². The van der Waals surface area contributed by atoms with Crippen LogP contribution in [-0.4, -0.2) is 33.9 Å². The molecule has 0 spiro atoms. The Morgan fingerprint density at radius 1 is 1.16 bits per heavy atom. The Bertz CT molecular complexity index is 1120. The molecule has 1 heterocycles. The maximum absolute atomic E-state index is 12.6. The average Bonchev–Trinajstić information content (AvgIpc) is 3.13. The smallest absolute Gasteiger partial charge is 0.222 e. The van der Waals surface area contributed by atoms with Crippen LogP contribution in [-0.2, 0) is 11.3 Å². The van der Waals surface area contributed by atoms with Crippen molar-refractivity contribution in [3.05, 3.63) is 58.4 Å². The minimum absolute atomic E-state index is 0.0476. The van der Waals surface area contributed by atoms with Gasteiger partial charge in [0.25, 0.3) is 0 Å². The summed E-state index contributed by atoms with van der Waals surface area (Å²) in [7, 11) is 1.61. The van der Waals surface area contributed by atoms with E-state index >= 15 is 0 Å². The molecule has 1 atom stereocenters. The molecule has 3 rings (SSSR count). The van der Waals surface area contributed by atoms with Gasteiger partial charge in [0, 0.05) is 18.5 Å². The van der Waals surface area contributed by atoms with E-state index in [2.05, 4.69) is 15.5 Å². The van der Waals surface area contributed by atoms with E-state index in [1.165, 1.54) is 5.56 Å². The number of carbonyl (C=O) groups excluding carboxylic acids is 1. The number of hydrogen-bond acceptors (Lipinski definition) is 5. The van der Waals surface area contributed by atoms with Gasteiger partial charge in [-0.25, -0.2) is 0 Å². The molecule has 0 fully saturated rings. The second-order valence-corrected chi connectivity index (χ2v) is 8.37. The molecule has 32 heavy (non-hydrogen) atoms. The number of amides is 1. The van der Waals surface area contributed by atoms with Crippen molar-refractivity contribution in [2.45, 2.75) is 52.8 Å². The summed E-state index contributed by atoms with van der Waals surface area (Å²) in [6.45, 7) is 8.34. The number of aromatic amines is 1. The Morgan fingerprint density at radius 2 is 1.88 bits per heavy atom. The first-order valence-corrected chi connectivity index (χ1v) is 11.1. The molecule has 2 aromatic carbocycles. The Hall–Kier alpha value is -3.13. The molecule has 0 radical (unpaired) electrons. The fourth-order valence-corrected chi connectivity index (χ4v) is 3.59. The van der Waals surface area contributed by atoms with Crippen LogP contribution in [0, 0.1) is 11.7 Å². The Kier molecular flexibility index (Phi) is 7.69. The number of aromatic nitrogens is 3. The van der Waals surface area contributed by atoms with Crippen LogP contribution in [0.4, 0.5) is 0 Å². The van der Waals surface area contributed by atoms with Crippen molar-refractivity contribution in [1.29, 1.82) is 0 Å². The standard InChI is InChI=1S/C24H30N4O3S/c1-15(2)31-20-11-10-19(14-21(20)30-5)17(4)25-22(29)12-13-28-23(26-27-24(28)32)18-8-6-16(3)7-9-18/h6-11,14-15,17H,12-13H2,1-5H3,(H,25,29)(H,27,32). The van der Waals surface area contributed by atoms with Crippen molar-refractivity contribution in [1.82, 2.24) is 20.1 Å². The molecule has 0 aliphatic carbocycles. The van der Waals surface area contributed by atoms with Crippen LogP contribution in [0.3, 0.4) is 0 Å². The number of nitrogens with zero attached hydrogens (tertiary/aromatic N) is 2. The highest BCUT2D eigenvalue weighted by atomic mass is 32.1. The lowest BCUT2D eigenvalue weighted by Crippen LogP contribution is -2.27. The first-order chi connectivity index (χ1) is 15.3. The quantitative estimate of drug-likeness (QED) is 0.446. The van der Waals surface area contributed by atoms with E-state index in [1.54, 1.807) is 7.11 Å². The predicted molar refractivity (Wildman–Crippen MR) is 128 cm³/mol. The summed E-state index contributed by atoms with van der Waals surface area (Å²) < 4.78 is 13.6. The van der Waals surface area contributed by atoms with Crippen LogP contribution >= 0.6 is 12.2 Å². The fraction of sp³-hybridized carbons (Fsp3) is 0.375. The highest BCUT2D eigenvalue weighted by molar-refractivity contribution is 7.71. The lowest BCUT2D eigenvalue weighted by molar-refractivity contribution is -0.121. The number of hydrogen-bond donors (Lipinski definition) is 2. The van der Waals surface area contributed by atoms with Crippen LogP contribution in [0.2, 0.25) is 0 Å². The molecule has 1 amide bonds. The van der Waals surface area contributed by atoms with E-state index in [0.29, 0.717) is 22.8 Å². The zero-order chi connectivity index (χ0) is 23.3. The zero-order valence-corrected chi connectivity index (χ0v) is 20.0. The number of methoxy groups -OCH3 is 1. The van der Waals surface area contributed by atoms with Crippen molar-refractivity contribution in [3.8, 4) is 22.9 Å². The van der Waals surface area contributed by atoms with Gasteiger partial charge in [-0.05, 0) is 57.6 Å². The molecule has 3 aromatic rings. The largest absolute Gasteiger partial charge is 0.493 e. The van der Waals surface area contributed by atoms with Gasteiger partial charge in [-0.3, -0.25) is 14.5 Å². The Balaban J connectivity index is 1.65. The van der Waals surface area contributed by atoms with E-state index < -0.39 is 0 Å². The third kappa shape index (κ3) is 5.76. The van der Waals surface area contributed by atoms with Gasteiger partial charge >= 0.3 is 0 Å². The third-order valence-electron chi connectivity index (χ3n) is 5.06.